The van der Waals surface area contributed by atoms with Crippen molar-refractivity contribution in [1.29, 1.82) is 0 Å². The number of hydrogen-bond acceptors (Lipinski definition) is 2. The standard InChI is InChI=1S/C21H20N2O/c1-14-13-15(2)22-16(3)21(14)23-20(24)12-11-18-9-6-8-17-7-4-5-10-19(17)18/h4-13H,1-3H3,(H,23,24)/b12-11+. The van der Waals surface area contributed by atoms with Gasteiger partial charge in [0.1, 0.15) is 0 Å². The summed E-state index contributed by atoms with van der Waals surface area (Å²) in [6, 6.07) is 16.2. The quantitative estimate of drug-likeness (QED) is 0.704. The second-order valence-corrected chi connectivity index (χ2v) is 5.93. The summed E-state index contributed by atoms with van der Waals surface area (Å²) in [5.41, 5.74) is 4.62. The molecule has 0 bridgehead atoms. The lowest BCUT2D eigenvalue weighted by molar-refractivity contribution is -0.111. The fraction of sp³-hybridized carbons (Fsp3) is 0.143. The van der Waals surface area contributed by atoms with E-state index in [1.54, 1.807) is 6.08 Å². The van der Waals surface area contributed by atoms with Gasteiger partial charge in [-0.15, -0.1) is 0 Å². The zero-order chi connectivity index (χ0) is 17.1. The maximum absolute atomic E-state index is 12.3. The normalized spacial score (nSPS) is 11.1. The first kappa shape index (κ1) is 15.9. The Morgan fingerprint density at radius 3 is 2.58 bits per heavy atom. The van der Waals surface area contributed by atoms with Crippen LogP contribution >= 0.6 is 0 Å². The Hall–Kier alpha value is -2.94. The molecule has 1 aromatic heterocycles. The van der Waals surface area contributed by atoms with Crippen LogP contribution in [-0.4, -0.2) is 10.9 Å². The van der Waals surface area contributed by atoms with Crippen LogP contribution in [0.25, 0.3) is 16.8 Å². The zero-order valence-corrected chi connectivity index (χ0v) is 14.1. The Morgan fingerprint density at radius 2 is 1.79 bits per heavy atom. The van der Waals surface area contributed by atoms with E-state index >= 15 is 0 Å². The zero-order valence-electron chi connectivity index (χ0n) is 14.1. The summed E-state index contributed by atoms with van der Waals surface area (Å²) in [6.45, 7) is 5.84. The lowest BCUT2D eigenvalue weighted by Gasteiger charge is -2.10. The number of aromatic nitrogens is 1. The van der Waals surface area contributed by atoms with E-state index in [1.807, 2.05) is 57.2 Å². The Kier molecular flexibility index (Phi) is 4.43. The van der Waals surface area contributed by atoms with E-state index in [2.05, 4.69) is 28.5 Å². The van der Waals surface area contributed by atoms with E-state index in [0.717, 1.165) is 39.0 Å². The van der Waals surface area contributed by atoms with Crippen molar-refractivity contribution in [1.82, 2.24) is 4.98 Å². The summed E-state index contributed by atoms with van der Waals surface area (Å²) in [5.74, 6) is -0.153. The molecule has 2 aromatic carbocycles. The van der Waals surface area contributed by atoms with Crippen LogP contribution in [0, 0.1) is 20.8 Å². The van der Waals surface area contributed by atoms with Gasteiger partial charge in [-0.2, -0.15) is 0 Å². The third-order valence-electron chi connectivity index (χ3n) is 4.01. The number of benzene rings is 2. The first-order chi connectivity index (χ1) is 11.5. The molecular weight excluding hydrogens is 296 g/mol. The van der Waals surface area contributed by atoms with E-state index in [4.69, 9.17) is 0 Å². The molecule has 0 saturated heterocycles. The fourth-order valence-corrected chi connectivity index (χ4v) is 2.94. The van der Waals surface area contributed by atoms with E-state index in [-0.39, 0.29) is 5.91 Å². The monoisotopic (exact) mass is 316 g/mol. The van der Waals surface area contributed by atoms with Crippen LogP contribution in [0.3, 0.4) is 0 Å². The van der Waals surface area contributed by atoms with Crippen molar-refractivity contribution in [2.45, 2.75) is 20.8 Å². The number of nitrogens with zero attached hydrogens (tertiary/aromatic N) is 1. The van der Waals surface area contributed by atoms with Gasteiger partial charge >= 0.3 is 0 Å². The summed E-state index contributed by atoms with van der Waals surface area (Å²) in [4.78, 5) is 16.7. The summed E-state index contributed by atoms with van der Waals surface area (Å²) >= 11 is 0. The molecule has 0 aliphatic heterocycles. The van der Waals surface area contributed by atoms with Crippen LogP contribution in [-0.2, 0) is 4.79 Å². The van der Waals surface area contributed by atoms with Crippen molar-refractivity contribution >= 4 is 28.4 Å². The SMILES string of the molecule is Cc1cc(C)c(NC(=O)/C=C/c2cccc3ccccc23)c(C)n1. The van der Waals surface area contributed by atoms with E-state index in [0.29, 0.717) is 0 Å². The lowest BCUT2D eigenvalue weighted by Crippen LogP contribution is -2.11. The molecule has 3 heteroatoms. The smallest absolute Gasteiger partial charge is 0.248 e. The number of anilines is 1. The van der Waals surface area contributed by atoms with Crippen molar-refractivity contribution in [2.24, 2.45) is 0 Å². The Morgan fingerprint density at radius 1 is 1.04 bits per heavy atom. The minimum Gasteiger partial charge on any atom is -0.321 e. The van der Waals surface area contributed by atoms with Crippen LogP contribution in [0.4, 0.5) is 5.69 Å². The molecule has 1 N–H and O–H groups in total. The van der Waals surface area contributed by atoms with Gasteiger partial charge in [-0.3, -0.25) is 9.78 Å². The van der Waals surface area contributed by atoms with E-state index in [1.165, 1.54) is 0 Å². The maximum Gasteiger partial charge on any atom is 0.248 e. The molecule has 3 nitrogen and oxygen atoms in total. The highest BCUT2D eigenvalue weighted by atomic mass is 16.1. The third kappa shape index (κ3) is 3.35. The maximum atomic E-state index is 12.3. The summed E-state index contributed by atoms with van der Waals surface area (Å²) < 4.78 is 0. The molecule has 24 heavy (non-hydrogen) atoms. The molecule has 0 saturated carbocycles. The molecule has 0 aliphatic carbocycles. The first-order valence-electron chi connectivity index (χ1n) is 7.96. The van der Waals surface area contributed by atoms with Gasteiger partial charge in [0.05, 0.1) is 11.4 Å². The molecule has 0 radical (unpaired) electrons. The molecule has 1 amide bonds. The molecule has 120 valence electrons. The van der Waals surface area contributed by atoms with Crippen molar-refractivity contribution in [3.8, 4) is 0 Å². The summed E-state index contributed by atoms with van der Waals surface area (Å²) in [7, 11) is 0. The molecule has 0 unspecified atom stereocenters. The van der Waals surface area contributed by atoms with Gasteiger partial charge in [-0.1, -0.05) is 42.5 Å². The van der Waals surface area contributed by atoms with Crippen LogP contribution in [0.5, 0.6) is 0 Å². The summed E-state index contributed by atoms with van der Waals surface area (Å²) in [6.07, 6.45) is 3.42. The van der Waals surface area contributed by atoms with Gasteiger partial charge in [0, 0.05) is 11.8 Å². The van der Waals surface area contributed by atoms with Crippen molar-refractivity contribution in [2.75, 3.05) is 5.32 Å². The average Bonchev–Trinajstić information content (AvgIpc) is 2.56. The minimum atomic E-state index is -0.153. The van der Waals surface area contributed by atoms with Crippen molar-refractivity contribution in [3.63, 3.8) is 0 Å². The number of fused-ring (bicyclic) bond motifs is 1. The molecule has 3 rings (SSSR count). The van der Waals surface area contributed by atoms with Gasteiger partial charge in [0.2, 0.25) is 5.91 Å². The summed E-state index contributed by atoms with van der Waals surface area (Å²) in [5, 5.41) is 5.23. The second-order valence-electron chi connectivity index (χ2n) is 5.93. The van der Waals surface area contributed by atoms with Crippen molar-refractivity contribution in [3.05, 3.63) is 77.1 Å². The fourth-order valence-electron chi connectivity index (χ4n) is 2.94. The highest BCUT2D eigenvalue weighted by Crippen LogP contribution is 2.21. The van der Waals surface area contributed by atoms with Crippen LogP contribution < -0.4 is 5.32 Å². The van der Waals surface area contributed by atoms with E-state index < -0.39 is 0 Å². The third-order valence-corrected chi connectivity index (χ3v) is 4.01. The molecule has 3 aromatic rings. The topological polar surface area (TPSA) is 42.0 Å². The molecule has 0 spiro atoms. The molecule has 0 aliphatic rings. The van der Waals surface area contributed by atoms with Gasteiger partial charge in [-0.05, 0) is 54.8 Å². The largest absolute Gasteiger partial charge is 0.321 e. The minimum absolute atomic E-state index is 0.153. The van der Waals surface area contributed by atoms with Crippen LogP contribution in [0.2, 0.25) is 0 Å². The number of aryl methyl sites for hydroxylation is 3. The molecule has 0 fully saturated rings. The molecular formula is C21H20N2O. The predicted molar refractivity (Wildman–Crippen MR) is 100 cm³/mol. The number of pyridine rings is 1. The molecule has 0 atom stereocenters. The Bertz CT molecular complexity index is 913. The van der Waals surface area contributed by atoms with Crippen LogP contribution in [0.1, 0.15) is 22.5 Å². The van der Waals surface area contributed by atoms with Gasteiger partial charge in [-0.25, -0.2) is 0 Å². The molecule has 1 heterocycles. The van der Waals surface area contributed by atoms with Crippen molar-refractivity contribution < 1.29 is 4.79 Å². The highest BCUT2D eigenvalue weighted by molar-refractivity contribution is 6.04. The number of rotatable bonds is 3. The highest BCUT2D eigenvalue weighted by Gasteiger charge is 2.07. The number of hydrogen-bond donors (Lipinski definition) is 1. The van der Waals surface area contributed by atoms with E-state index in [9.17, 15) is 4.79 Å². The van der Waals surface area contributed by atoms with Gasteiger partial charge in [0.15, 0.2) is 0 Å². The number of carbonyl (C=O) groups excluding carboxylic acids is 1. The number of amides is 1. The van der Waals surface area contributed by atoms with Crippen LogP contribution in [0.15, 0.2) is 54.6 Å². The average molecular weight is 316 g/mol. The lowest BCUT2D eigenvalue weighted by atomic mass is 10.0. The Labute approximate surface area is 142 Å². The van der Waals surface area contributed by atoms with Gasteiger partial charge < -0.3 is 5.32 Å². The first-order valence-corrected chi connectivity index (χ1v) is 7.96. The number of nitrogens with one attached hydrogen (secondary N) is 1. The predicted octanol–water partition coefficient (Wildman–Crippen LogP) is 4.81. The number of carbonyl (C=O) groups is 1. The second kappa shape index (κ2) is 6.67. The Balaban J connectivity index is 1.83. The van der Waals surface area contributed by atoms with Gasteiger partial charge in [0.25, 0.3) is 0 Å².